The molecule has 0 aliphatic heterocycles. The van der Waals surface area contributed by atoms with Crippen LogP contribution in [0.3, 0.4) is 0 Å². The van der Waals surface area contributed by atoms with Gasteiger partial charge in [-0.25, -0.2) is 4.98 Å². The number of ketones is 1. The fraction of sp³-hybridized carbons (Fsp3) is 0.200. The van der Waals surface area contributed by atoms with Crippen LogP contribution in [0.5, 0.6) is 11.5 Å². The summed E-state index contributed by atoms with van der Waals surface area (Å²) in [4.78, 5) is 15.5. The number of hydrogen-bond donors (Lipinski definition) is 0. The number of aromatic nitrogens is 1. The first-order chi connectivity index (χ1) is 8.69. The average molecular weight is 241 g/mol. The third kappa shape index (κ3) is 2.94. The Bertz CT molecular complexity index is 529. The Morgan fingerprint density at radius 3 is 2.33 bits per heavy atom. The lowest BCUT2D eigenvalue weighted by Crippen LogP contribution is -1.99. The number of ether oxygens (including phenoxy) is 1. The van der Waals surface area contributed by atoms with Crippen molar-refractivity contribution in [2.24, 2.45) is 0 Å². The predicted octanol–water partition coefficient (Wildman–Crippen LogP) is 3.78. The molecule has 1 aromatic carbocycles. The Hall–Kier alpha value is -2.16. The maximum absolute atomic E-state index is 11.4. The molecule has 3 nitrogen and oxygen atoms in total. The minimum atomic E-state index is 0.0388. The van der Waals surface area contributed by atoms with Gasteiger partial charge in [0.2, 0.25) is 0 Å². The van der Waals surface area contributed by atoms with Crippen LogP contribution in [0.4, 0.5) is 0 Å². The van der Waals surface area contributed by atoms with Crippen LogP contribution in [-0.4, -0.2) is 10.8 Å². The Kier molecular flexibility index (Phi) is 3.72. The number of nitrogens with zero attached hydrogens (tertiary/aromatic N) is 1. The maximum Gasteiger partial charge on any atom is 0.180 e. The SMILES string of the molecule is CCC(=O)c1ccc(Oc2ccc(C)cc2)cn1. The van der Waals surface area contributed by atoms with E-state index in [1.54, 1.807) is 18.3 Å². The van der Waals surface area contributed by atoms with E-state index in [1.165, 1.54) is 5.56 Å². The van der Waals surface area contributed by atoms with Gasteiger partial charge in [0.25, 0.3) is 0 Å². The van der Waals surface area contributed by atoms with E-state index >= 15 is 0 Å². The summed E-state index contributed by atoms with van der Waals surface area (Å²) in [5.41, 5.74) is 1.66. The first-order valence-corrected chi connectivity index (χ1v) is 5.93. The number of hydrogen-bond acceptors (Lipinski definition) is 3. The van der Waals surface area contributed by atoms with E-state index < -0.39 is 0 Å². The molecule has 0 fully saturated rings. The van der Waals surface area contributed by atoms with Gasteiger partial charge in [-0.1, -0.05) is 24.6 Å². The molecule has 2 aromatic rings. The molecular weight excluding hydrogens is 226 g/mol. The van der Waals surface area contributed by atoms with Gasteiger partial charge in [-0.2, -0.15) is 0 Å². The normalized spacial score (nSPS) is 10.1. The molecule has 1 heterocycles. The Morgan fingerprint density at radius 2 is 1.78 bits per heavy atom. The molecule has 0 spiro atoms. The molecular formula is C15H15NO2. The second kappa shape index (κ2) is 5.45. The van der Waals surface area contributed by atoms with E-state index in [0.29, 0.717) is 17.9 Å². The van der Waals surface area contributed by atoms with Crippen molar-refractivity contribution in [3.05, 3.63) is 53.9 Å². The van der Waals surface area contributed by atoms with Crippen molar-refractivity contribution < 1.29 is 9.53 Å². The number of carbonyl (C=O) groups excluding carboxylic acids is 1. The second-order valence-electron chi connectivity index (χ2n) is 4.07. The van der Waals surface area contributed by atoms with Crippen LogP contribution in [0.2, 0.25) is 0 Å². The summed E-state index contributed by atoms with van der Waals surface area (Å²) < 4.78 is 5.63. The number of aryl methyl sites for hydroxylation is 1. The zero-order chi connectivity index (χ0) is 13.0. The number of benzene rings is 1. The van der Waals surface area contributed by atoms with Crippen molar-refractivity contribution in [2.75, 3.05) is 0 Å². The number of carbonyl (C=O) groups is 1. The Balaban J connectivity index is 2.10. The van der Waals surface area contributed by atoms with E-state index in [-0.39, 0.29) is 5.78 Å². The van der Waals surface area contributed by atoms with Gasteiger partial charge in [-0.05, 0) is 31.2 Å². The molecule has 18 heavy (non-hydrogen) atoms. The quantitative estimate of drug-likeness (QED) is 0.765. The highest BCUT2D eigenvalue weighted by Gasteiger charge is 2.04. The van der Waals surface area contributed by atoms with Crippen LogP contribution in [0.25, 0.3) is 0 Å². The highest BCUT2D eigenvalue weighted by Crippen LogP contribution is 2.21. The van der Waals surface area contributed by atoms with Crippen molar-refractivity contribution >= 4 is 5.78 Å². The standard InChI is InChI=1S/C15H15NO2/c1-3-15(17)14-9-8-13(10-16-14)18-12-6-4-11(2)5-7-12/h4-10H,3H2,1-2H3. The van der Waals surface area contributed by atoms with Gasteiger partial charge in [-0.3, -0.25) is 4.79 Å². The molecule has 0 unspecified atom stereocenters. The van der Waals surface area contributed by atoms with Gasteiger partial charge < -0.3 is 4.74 Å². The van der Waals surface area contributed by atoms with Crippen LogP contribution >= 0.6 is 0 Å². The van der Waals surface area contributed by atoms with Crippen LogP contribution in [0, 0.1) is 6.92 Å². The molecule has 3 heteroatoms. The highest BCUT2D eigenvalue weighted by atomic mass is 16.5. The van der Waals surface area contributed by atoms with E-state index in [9.17, 15) is 4.79 Å². The van der Waals surface area contributed by atoms with E-state index in [1.807, 2.05) is 38.1 Å². The summed E-state index contributed by atoms with van der Waals surface area (Å²) in [6.45, 7) is 3.84. The summed E-state index contributed by atoms with van der Waals surface area (Å²) in [6, 6.07) is 11.2. The zero-order valence-corrected chi connectivity index (χ0v) is 10.5. The molecule has 0 saturated carbocycles. The maximum atomic E-state index is 11.4. The van der Waals surface area contributed by atoms with Gasteiger partial charge in [0.05, 0.1) is 6.20 Å². The van der Waals surface area contributed by atoms with Crippen molar-refractivity contribution in [2.45, 2.75) is 20.3 Å². The van der Waals surface area contributed by atoms with Crippen LogP contribution in [0.1, 0.15) is 29.4 Å². The lowest BCUT2D eigenvalue weighted by molar-refractivity contribution is 0.0983. The molecule has 0 aliphatic rings. The monoisotopic (exact) mass is 241 g/mol. The molecule has 0 bridgehead atoms. The third-order valence-corrected chi connectivity index (χ3v) is 2.60. The molecule has 0 N–H and O–H groups in total. The van der Waals surface area contributed by atoms with Crippen LogP contribution < -0.4 is 4.74 Å². The smallest absolute Gasteiger partial charge is 0.180 e. The van der Waals surface area contributed by atoms with Crippen molar-refractivity contribution in [3.63, 3.8) is 0 Å². The Morgan fingerprint density at radius 1 is 1.11 bits per heavy atom. The highest BCUT2D eigenvalue weighted by molar-refractivity contribution is 5.93. The van der Waals surface area contributed by atoms with E-state index in [0.717, 1.165) is 5.75 Å². The summed E-state index contributed by atoms with van der Waals surface area (Å²) in [5, 5.41) is 0. The van der Waals surface area contributed by atoms with E-state index in [2.05, 4.69) is 4.98 Å². The fourth-order valence-corrected chi connectivity index (χ4v) is 1.53. The van der Waals surface area contributed by atoms with Crippen molar-refractivity contribution in [1.82, 2.24) is 4.98 Å². The first kappa shape index (κ1) is 12.3. The summed E-state index contributed by atoms with van der Waals surface area (Å²) >= 11 is 0. The minimum absolute atomic E-state index is 0.0388. The molecule has 0 saturated heterocycles. The van der Waals surface area contributed by atoms with Gasteiger partial charge in [0.1, 0.15) is 17.2 Å². The lowest BCUT2D eigenvalue weighted by atomic mass is 10.2. The number of Topliss-reactive ketones (excluding diaryl/α,β-unsaturated/α-hetero) is 1. The second-order valence-corrected chi connectivity index (χ2v) is 4.07. The minimum Gasteiger partial charge on any atom is -0.456 e. The molecule has 2 rings (SSSR count). The predicted molar refractivity (Wildman–Crippen MR) is 70.1 cm³/mol. The molecule has 0 aliphatic carbocycles. The molecule has 92 valence electrons. The van der Waals surface area contributed by atoms with Gasteiger partial charge in [0.15, 0.2) is 5.78 Å². The van der Waals surface area contributed by atoms with Gasteiger partial charge in [0, 0.05) is 6.42 Å². The number of rotatable bonds is 4. The van der Waals surface area contributed by atoms with Crippen LogP contribution in [0.15, 0.2) is 42.6 Å². The average Bonchev–Trinajstić information content (AvgIpc) is 2.41. The molecule has 1 aromatic heterocycles. The Labute approximate surface area is 106 Å². The number of pyridine rings is 1. The van der Waals surface area contributed by atoms with Crippen molar-refractivity contribution in [3.8, 4) is 11.5 Å². The third-order valence-electron chi connectivity index (χ3n) is 2.60. The fourth-order valence-electron chi connectivity index (χ4n) is 1.53. The topological polar surface area (TPSA) is 39.2 Å². The van der Waals surface area contributed by atoms with Crippen LogP contribution in [-0.2, 0) is 0 Å². The van der Waals surface area contributed by atoms with Gasteiger partial charge >= 0.3 is 0 Å². The summed E-state index contributed by atoms with van der Waals surface area (Å²) in [7, 11) is 0. The largest absolute Gasteiger partial charge is 0.456 e. The summed E-state index contributed by atoms with van der Waals surface area (Å²) in [6.07, 6.45) is 2.04. The molecule has 0 radical (unpaired) electrons. The summed E-state index contributed by atoms with van der Waals surface area (Å²) in [5.74, 6) is 1.43. The molecule has 0 atom stereocenters. The first-order valence-electron chi connectivity index (χ1n) is 5.93. The zero-order valence-electron chi connectivity index (χ0n) is 10.5. The van der Waals surface area contributed by atoms with E-state index in [4.69, 9.17) is 4.74 Å². The molecule has 0 amide bonds. The van der Waals surface area contributed by atoms with Crippen molar-refractivity contribution in [1.29, 1.82) is 0 Å². The lowest BCUT2D eigenvalue weighted by Gasteiger charge is -2.06. The van der Waals surface area contributed by atoms with Gasteiger partial charge in [-0.15, -0.1) is 0 Å².